The predicted octanol–water partition coefficient (Wildman–Crippen LogP) is 11.6. The summed E-state index contributed by atoms with van der Waals surface area (Å²) < 4.78 is 8.89. The number of hydrogen-bond acceptors (Lipinski definition) is 9. The number of fused-ring (bicyclic) bond motifs is 4. The highest BCUT2D eigenvalue weighted by molar-refractivity contribution is 8.41. The van der Waals surface area contributed by atoms with Gasteiger partial charge in [-0.2, -0.15) is 0 Å². The Hall–Kier alpha value is 0.130. The van der Waals surface area contributed by atoms with Gasteiger partial charge < -0.3 is 0 Å². The summed E-state index contributed by atoms with van der Waals surface area (Å²) in [5.41, 5.74) is 8.22. The Labute approximate surface area is 274 Å². The summed E-state index contributed by atoms with van der Waals surface area (Å²) in [6.07, 6.45) is 3.78. The molecule has 0 atom stereocenters. The lowest BCUT2D eigenvalue weighted by Gasteiger charge is -2.17. The number of hydrogen-bond donors (Lipinski definition) is 0. The second kappa shape index (κ2) is 15.7. The van der Waals surface area contributed by atoms with Crippen LogP contribution in [0.1, 0.15) is 50.2 Å². The standard InChI is InChI=1S/C31H35NS8/c1-5-33-28-29(34-6-2)38-26(37-28)22-16-20-11-9-12-21(15-20)17-23(19-25-14-10-13-24(18-22)32-25)27-39-30(35-7-3)31(40-27)36-8-4/h9-15H,5-8,16-19H2,1-4H3. The molecule has 0 saturated heterocycles. The molecule has 0 N–H and O–H groups in total. The zero-order valence-corrected chi connectivity index (χ0v) is 29.9. The van der Waals surface area contributed by atoms with Crippen LogP contribution >= 0.6 is 94.1 Å². The van der Waals surface area contributed by atoms with Crippen LogP contribution in [0.3, 0.4) is 0 Å². The molecule has 0 radical (unpaired) electrons. The van der Waals surface area contributed by atoms with Gasteiger partial charge in [0.25, 0.3) is 0 Å². The molecule has 0 aliphatic carbocycles. The Morgan fingerprint density at radius 1 is 0.550 bits per heavy atom. The van der Waals surface area contributed by atoms with Crippen molar-refractivity contribution in [2.45, 2.75) is 53.4 Å². The fourth-order valence-electron chi connectivity index (χ4n) is 4.63. The van der Waals surface area contributed by atoms with Crippen LogP contribution < -0.4 is 0 Å². The Kier molecular flexibility index (Phi) is 12.4. The maximum absolute atomic E-state index is 5.25. The normalized spacial score (nSPS) is 18.1. The van der Waals surface area contributed by atoms with Gasteiger partial charge in [0.15, 0.2) is 0 Å². The molecular weight excluding hydrogens is 643 g/mol. The second-order valence-corrected chi connectivity index (χ2v) is 19.9. The van der Waals surface area contributed by atoms with E-state index in [4.69, 9.17) is 4.98 Å². The van der Waals surface area contributed by atoms with Crippen molar-refractivity contribution < 1.29 is 0 Å². The van der Waals surface area contributed by atoms with Gasteiger partial charge in [0.1, 0.15) is 0 Å². The minimum Gasteiger partial charge on any atom is -0.257 e. The van der Waals surface area contributed by atoms with Gasteiger partial charge in [0.2, 0.25) is 0 Å². The van der Waals surface area contributed by atoms with Gasteiger partial charge in [-0.25, -0.2) is 0 Å². The molecule has 1 nitrogen and oxygen atoms in total. The number of allylic oxidation sites excluding steroid dienone is 2. The largest absolute Gasteiger partial charge is 0.257 e. The molecule has 2 aromatic rings. The Morgan fingerprint density at radius 2 is 0.925 bits per heavy atom. The fourth-order valence-corrected chi connectivity index (χ4v) is 16.1. The maximum atomic E-state index is 5.25. The van der Waals surface area contributed by atoms with Crippen LogP contribution in [-0.4, -0.2) is 28.0 Å². The minimum atomic E-state index is 0.910. The average molecular weight is 678 g/mol. The quantitative estimate of drug-likeness (QED) is 0.268. The summed E-state index contributed by atoms with van der Waals surface area (Å²) in [6.45, 7) is 9.03. The Morgan fingerprint density at radius 3 is 1.30 bits per heavy atom. The summed E-state index contributed by atoms with van der Waals surface area (Å²) in [6, 6.07) is 16.1. The zero-order valence-electron chi connectivity index (χ0n) is 23.4. The summed E-state index contributed by atoms with van der Waals surface area (Å²) >= 11 is 16.0. The molecule has 212 valence electrons. The average Bonchev–Trinajstić information content (AvgIpc) is 3.53. The lowest BCUT2D eigenvalue weighted by molar-refractivity contribution is 0.919. The van der Waals surface area contributed by atoms with E-state index >= 15 is 0 Å². The van der Waals surface area contributed by atoms with Crippen LogP contribution in [0.2, 0.25) is 0 Å². The van der Waals surface area contributed by atoms with Crippen molar-refractivity contribution in [2.75, 3.05) is 23.0 Å². The minimum absolute atomic E-state index is 0.910. The van der Waals surface area contributed by atoms with Crippen molar-refractivity contribution in [3.63, 3.8) is 0 Å². The SMILES string of the molecule is CCSC1=C(SCC)SC(=C2Cc3cccc(c3)CC(=C3SC(SCC)=C(SCC)S3)Cc3cccc(n3)C2)S1. The number of aromatic nitrogens is 1. The van der Waals surface area contributed by atoms with Gasteiger partial charge in [0, 0.05) is 24.2 Å². The molecular formula is C31H35NS8. The number of thioether (sulfide) groups is 8. The Balaban J connectivity index is 1.50. The first-order valence-corrected chi connectivity index (χ1v) is 21.0. The van der Waals surface area contributed by atoms with Crippen LogP contribution in [-0.2, 0) is 25.7 Å². The molecule has 1 aromatic carbocycles. The van der Waals surface area contributed by atoms with Crippen molar-refractivity contribution in [3.8, 4) is 0 Å². The summed E-state index contributed by atoms with van der Waals surface area (Å²) in [4.78, 5) is 5.25. The van der Waals surface area contributed by atoms with Gasteiger partial charge in [-0.15, -0.1) is 47.0 Å². The molecule has 5 rings (SSSR count). The smallest absolute Gasteiger partial charge is 0.0659 e. The molecule has 1 aromatic heterocycles. The highest BCUT2D eigenvalue weighted by Crippen LogP contribution is 2.59. The van der Waals surface area contributed by atoms with E-state index in [0.29, 0.717) is 0 Å². The molecule has 3 aliphatic heterocycles. The van der Waals surface area contributed by atoms with Gasteiger partial charge >= 0.3 is 0 Å². The summed E-state index contributed by atoms with van der Waals surface area (Å²) in [7, 11) is 0. The highest BCUT2D eigenvalue weighted by Gasteiger charge is 2.27. The van der Waals surface area contributed by atoms with E-state index in [1.165, 1.54) is 59.1 Å². The van der Waals surface area contributed by atoms with Crippen molar-refractivity contribution >= 4 is 94.1 Å². The number of benzene rings is 1. The molecule has 4 heterocycles. The first-order valence-electron chi connectivity index (χ1n) is 13.8. The molecule has 0 unspecified atom stereocenters. The molecule has 3 aliphatic rings. The molecule has 0 saturated carbocycles. The van der Waals surface area contributed by atoms with Crippen molar-refractivity contribution in [2.24, 2.45) is 0 Å². The molecule has 4 bridgehead atoms. The lowest BCUT2D eigenvalue weighted by atomic mass is 9.95. The number of nitrogens with zero attached hydrogens (tertiary/aromatic N) is 1. The van der Waals surface area contributed by atoms with Gasteiger partial charge in [-0.1, -0.05) is 105 Å². The monoisotopic (exact) mass is 677 g/mol. The van der Waals surface area contributed by atoms with E-state index in [1.807, 2.05) is 94.1 Å². The highest BCUT2D eigenvalue weighted by atomic mass is 32.3. The van der Waals surface area contributed by atoms with Gasteiger partial charge in [-0.3, -0.25) is 4.98 Å². The summed E-state index contributed by atoms with van der Waals surface area (Å²) in [5, 5.41) is 0. The van der Waals surface area contributed by atoms with E-state index in [9.17, 15) is 0 Å². The van der Waals surface area contributed by atoms with Crippen molar-refractivity contribution in [1.29, 1.82) is 0 Å². The van der Waals surface area contributed by atoms with E-state index in [1.54, 1.807) is 0 Å². The van der Waals surface area contributed by atoms with E-state index in [0.717, 1.165) is 48.7 Å². The molecule has 0 amide bonds. The third-order valence-corrected chi connectivity index (χ3v) is 17.2. The van der Waals surface area contributed by atoms with E-state index in [-0.39, 0.29) is 0 Å². The van der Waals surface area contributed by atoms with Crippen LogP contribution in [0.5, 0.6) is 0 Å². The number of rotatable bonds is 8. The third-order valence-electron chi connectivity index (χ3n) is 6.23. The third kappa shape index (κ3) is 8.19. The topological polar surface area (TPSA) is 12.9 Å². The predicted molar refractivity (Wildman–Crippen MR) is 196 cm³/mol. The van der Waals surface area contributed by atoms with Crippen molar-refractivity contribution in [1.82, 2.24) is 4.98 Å². The van der Waals surface area contributed by atoms with Crippen LogP contribution in [0.4, 0.5) is 0 Å². The van der Waals surface area contributed by atoms with Crippen LogP contribution in [0, 0.1) is 0 Å². The first-order chi connectivity index (χ1) is 19.6. The number of pyridine rings is 1. The van der Waals surface area contributed by atoms with E-state index < -0.39 is 0 Å². The summed E-state index contributed by atoms with van der Waals surface area (Å²) in [5.74, 6) is 4.47. The fraction of sp³-hybridized carbons (Fsp3) is 0.387. The molecule has 9 heteroatoms. The Bertz CT molecular complexity index is 1170. The lowest BCUT2D eigenvalue weighted by Crippen LogP contribution is -2.06. The maximum Gasteiger partial charge on any atom is 0.0659 e. The molecule has 40 heavy (non-hydrogen) atoms. The van der Waals surface area contributed by atoms with Crippen LogP contribution in [0.25, 0.3) is 0 Å². The molecule has 0 spiro atoms. The first kappa shape index (κ1) is 31.6. The zero-order chi connectivity index (χ0) is 27.9. The van der Waals surface area contributed by atoms with E-state index in [2.05, 4.69) is 70.2 Å². The van der Waals surface area contributed by atoms with Gasteiger partial charge in [0.05, 0.1) is 25.4 Å². The van der Waals surface area contributed by atoms with Crippen molar-refractivity contribution in [3.05, 3.63) is 102 Å². The second-order valence-electron chi connectivity index (χ2n) is 9.22. The van der Waals surface area contributed by atoms with Crippen LogP contribution in [0.15, 0.2) is 79.0 Å². The molecule has 0 fully saturated rings. The van der Waals surface area contributed by atoms with Gasteiger partial charge in [-0.05, 0) is 70.3 Å².